The highest BCUT2D eigenvalue weighted by molar-refractivity contribution is 5.70. The fourth-order valence-electron chi connectivity index (χ4n) is 3.41. The minimum absolute atomic E-state index is 0.164. The summed E-state index contributed by atoms with van der Waals surface area (Å²) in [4.78, 5) is 11.0. The Hall–Kier alpha value is -2.33. The van der Waals surface area contributed by atoms with Crippen molar-refractivity contribution in [2.45, 2.75) is 44.7 Å². The van der Waals surface area contributed by atoms with Gasteiger partial charge >= 0.3 is 5.97 Å². The second-order valence-electron chi connectivity index (χ2n) is 6.76. The molecule has 0 saturated heterocycles. The molecule has 25 heavy (non-hydrogen) atoms. The zero-order valence-electron chi connectivity index (χ0n) is 14.5. The van der Waals surface area contributed by atoms with Crippen LogP contribution in [0.2, 0.25) is 0 Å². The number of carboxylic acid groups (broad SMARTS) is 1. The van der Waals surface area contributed by atoms with Crippen molar-refractivity contribution in [3.8, 4) is 11.5 Å². The Balaban J connectivity index is 1.52. The van der Waals surface area contributed by atoms with Gasteiger partial charge in [0.05, 0.1) is 5.92 Å². The normalized spacial score (nSPS) is 21.5. The molecule has 0 amide bonds. The Morgan fingerprint density at radius 1 is 1.00 bits per heavy atom. The standard InChI is InChI=1S/C21H25NO3/c1-15(22-18-11-7-17(8-12-18)21(23)24)16-9-13-20(14-10-16)25-19-5-3-2-4-6-19/h2-6,9-10,13-15,17-18,22H,7-8,11-12H2,1H3,(H,23,24). The first-order valence-corrected chi connectivity index (χ1v) is 8.93. The summed E-state index contributed by atoms with van der Waals surface area (Å²) >= 11 is 0. The van der Waals surface area contributed by atoms with Crippen LogP contribution >= 0.6 is 0 Å². The summed E-state index contributed by atoms with van der Waals surface area (Å²) in [7, 11) is 0. The monoisotopic (exact) mass is 339 g/mol. The van der Waals surface area contributed by atoms with E-state index >= 15 is 0 Å². The van der Waals surface area contributed by atoms with Crippen LogP contribution in [0.25, 0.3) is 0 Å². The van der Waals surface area contributed by atoms with Crippen molar-refractivity contribution in [2.75, 3.05) is 0 Å². The Kier molecular flexibility index (Phi) is 5.71. The van der Waals surface area contributed by atoms with Crippen LogP contribution in [0.5, 0.6) is 11.5 Å². The summed E-state index contributed by atoms with van der Waals surface area (Å²) in [5.74, 6) is 0.837. The molecule has 0 aromatic heterocycles. The van der Waals surface area contributed by atoms with E-state index in [1.807, 2.05) is 42.5 Å². The third-order valence-corrected chi connectivity index (χ3v) is 4.92. The quantitative estimate of drug-likeness (QED) is 0.796. The van der Waals surface area contributed by atoms with Gasteiger partial charge in [0, 0.05) is 12.1 Å². The molecule has 0 bridgehead atoms. The van der Waals surface area contributed by atoms with Gasteiger partial charge in [-0.1, -0.05) is 30.3 Å². The van der Waals surface area contributed by atoms with Crippen molar-refractivity contribution < 1.29 is 14.6 Å². The predicted octanol–water partition coefficient (Wildman–Crippen LogP) is 4.77. The number of benzene rings is 2. The molecule has 2 aromatic rings. The molecule has 4 nitrogen and oxygen atoms in total. The molecular weight excluding hydrogens is 314 g/mol. The zero-order valence-corrected chi connectivity index (χ0v) is 14.5. The molecule has 1 atom stereocenters. The van der Waals surface area contributed by atoms with Gasteiger partial charge in [-0.05, 0) is 62.4 Å². The van der Waals surface area contributed by atoms with Crippen LogP contribution in [0.1, 0.15) is 44.2 Å². The number of aliphatic carboxylic acids is 1. The Labute approximate surface area is 148 Å². The lowest BCUT2D eigenvalue weighted by atomic mass is 9.85. The number of hydrogen-bond donors (Lipinski definition) is 2. The van der Waals surface area contributed by atoms with Crippen LogP contribution < -0.4 is 10.1 Å². The van der Waals surface area contributed by atoms with E-state index in [1.54, 1.807) is 0 Å². The summed E-state index contributed by atoms with van der Waals surface area (Å²) in [6, 6.07) is 18.5. The number of rotatable bonds is 6. The smallest absolute Gasteiger partial charge is 0.306 e. The number of carboxylic acids is 1. The molecular formula is C21H25NO3. The summed E-state index contributed by atoms with van der Waals surface area (Å²) < 4.78 is 5.82. The van der Waals surface area contributed by atoms with Gasteiger partial charge in [0.15, 0.2) is 0 Å². The lowest BCUT2D eigenvalue weighted by molar-refractivity contribution is -0.142. The first-order valence-electron chi connectivity index (χ1n) is 8.93. The number of nitrogens with one attached hydrogen (secondary N) is 1. The zero-order chi connectivity index (χ0) is 17.6. The molecule has 0 spiro atoms. The third kappa shape index (κ3) is 4.83. The second kappa shape index (κ2) is 8.17. The lowest BCUT2D eigenvalue weighted by Crippen LogP contribution is -2.36. The van der Waals surface area contributed by atoms with Crippen molar-refractivity contribution in [2.24, 2.45) is 5.92 Å². The molecule has 1 unspecified atom stereocenters. The van der Waals surface area contributed by atoms with Crippen molar-refractivity contribution >= 4 is 5.97 Å². The second-order valence-corrected chi connectivity index (χ2v) is 6.76. The minimum Gasteiger partial charge on any atom is -0.481 e. The highest BCUT2D eigenvalue weighted by atomic mass is 16.5. The number of hydrogen-bond acceptors (Lipinski definition) is 3. The minimum atomic E-state index is -0.652. The largest absolute Gasteiger partial charge is 0.481 e. The third-order valence-electron chi connectivity index (χ3n) is 4.92. The van der Waals surface area contributed by atoms with Gasteiger partial charge in [0.25, 0.3) is 0 Å². The first kappa shape index (κ1) is 17.5. The lowest BCUT2D eigenvalue weighted by Gasteiger charge is -2.29. The fourth-order valence-corrected chi connectivity index (χ4v) is 3.41. The van der Waals surface area contributed by atoms with E-state index in [4.69, 9.17) is 9.84 Å². The molecule has 1 aliphatic carbocycles. The Morgan fingerprint density at radius 3 is 2.20 bits per heavy atom. The molecule has 132 valence electrons. The average molecular weight is 339 g/mol. The van der Waals surface area contributed by atoms with Gasteiger partial charge in [0.2, 0.25) is 0 Å². The van der Waals surface area contributed by atoms with Gasteiger partial charge in [0.1, 0.15) is 11.5 Å². The van der Waals surface area contributed by atoms with Crippen LogP contribution in [-0.4, -0.2) is 17.1 Å². The van der Waals surface area contributed by atoms with Crippen molar-refractivity contribution in [3.05, 3.63) is 60.2 Å². The van der Waals surface area contributed by atoms with E-state index in [9.17, 15) is 4.79 Å². The Morgan fingerprint density at radius 2 is 1.60 bits per heavy atom. The molecule has 2 N–H and O–H groups in total. The van der Waals surface area contributed by atoms with Crippen LogP contribution in [0.3, 0.4) is 0 Å². The first-order chi connectivity index (χ1) is 12.1. The maximum absolute atomic E-state index is 11.0. The molecule has 1 aliphatic rings. The van der Waals surface area contributed by atoms with Gasteiger partial charge in [-0.2, -0.15) is 0 Å². The molecule has 3 rings (SSSR count). The molecule has 1 saturated carbocycles. The van der Waals surface area contributed by atoms with Gasteiger partial charge in [-0.3, -0.25) is 4.79 Å². The van der Waals surface area contributed by atoms with Crippen LogP contribution in [-0.2, 0) is 4.79 Å². The number of para-hydroxylation sites is 1. The van der Waals surface area contributed by atoms with Gasteiger partial charge in [-0.25, -0.2) is 0 Å². The number of carbonyl (C=O) groups is 1. The summed E-state index contributed by atoms with van der Waals surface area (Å²) in [6.45, 7) is 2.15. The molecule has 4 heteroatoms. The van der Waals surface area contributed by atoms with E-state index in [-0.39, 0.29) is 12.0 Å². The maximum Gasteiger partial charge on any atom is 0.306 e. The van der Waals surface area contributed by atoms with Crippen molar-refractivity contribution in [1.29, 1.82) is 0 Å². The summed E-state index contributed by atoms with van der Waals surface area (Å²) in [5.41, 5.74) is 1.21. The SMILES string of the molecule is CC(NC1CCC(C(=O)O)CC1)c1ccc(Oc2ccccc2)cc1. The van der Waals surface area contributed by atoms with Crippen molar-refractivity contribution in [1.82, 2.24) is 5.32 Å². The van der Waals surface area contributed by atoms with Crippen LogP contribution in [0.15, 0.2) is 54.6 Å². The Bertz CT molecular complexity index is 676. The molecule has 0 heterocycles. The van der Waals surface area contributed by atoms with Gasteiger partial charge < -0.3 is 15.2 Å². The molecule has 1 fully saturated rings. The maximum atomic E-state index is 11.0. The number of ether oxygens (including phenoxy) is 1. The van der Waals surface area contributed by atoms with Crippen LogP contribution in [0.4, 0.5) is 0 Å². The average Bonchev–Trinajstić information content (AvgIpc) is 2.63. The highest BCUT2D eigenvalue weighted by Crippen LogP contribution is 2.27. The molecule has 0 aliphatic heterocycles. The van der Waals surface area contributed by atoms with E-state index < -0.39 is 5.97 Å². The summed E-state index contributed by atoms with van der Waals surface area (Å²) in [5, 5.41) is 12.7. The highest BCUT2D eigenvalue weighted by Gasteiger charge is 2.26. The predicted molar refractivity (Wildman–Crippen MR) is 97.9 cm³/mol. The summed E-state index contributed by atoms with van der Waals surface area (Å²) in [6.07, 6.45) is 3.39. The van der Waals surface area contributed by atoms with Gasteiger partial charge in [-0.15, -0.1) is 0 Å². The topological polar surface area (TPSA) is 58.6 Å². The van der Waals surface area contributed by atoms with Crippen molar-refractivity contribution in [3.63, 3.8) is 0 Å². The fraction of sp³-hybridized carbons (Fsp3) is 0.381. The molecule has 2 aromatic carbocycles. The van der Waals surface area contributed by atoms with E-state index in [2.05, 4.69) is 24.4 Å². The van der Waals surface area contributed by atoms with Crippen LogP contribution in [0, 0.1) is 5.92 Å². The van der Waals surface area contributed by atoms with E-state index in [1.165, 1.54) is 5.56 Å². The molecule has 0 radical (unpaired) electrons. The van der Waals surface area contributed by atoms with E-state index in [0.29, 0.717) is 6.04 Å². The van der Waals surface area contributed by atoms with E-state index in [0.717, 1.165) is 37.2 Å².